The second-order valence-electron chi connectivity index (χ2n) is 5.20. The molecule has 1 fully saturated rings. The number of hydrogen-bond donors (Lipinski definition) is 2. The van der Waals surface area contributed by atoms with Gasteiger partial charge in [0.05, 0.1) is 12.1 Å². The van der Waals surface area contributed by atoms with Crippen molar-refractivity contribution in [3.63, 3.8) is 0 Å². The Balaban J connectivity index is 2.18. The van der Waals surface area contributed by atoms with E-state index in [1.54, 1.807) is 12.3 Å². The van der Waals surface area contributed by atoms with Crippen molar-refractivity contribution in [2.75, 3.05) is 37.6 Å². The number of carbonyl (C=O) groups excluding carboxylic acids is 1. The molecular formula is C14H20N4O3. The van der Waals surface area contributed by atoms with E-state index < -0.39 is 11.9 Å². The van der Waals surface area contributed by atoms with Crippen LogP contribution in [0.1, 0.15) is 22.3 Å². The first-order chi connectivity index (χ1) is 9.99. The summed E-state index contributed by atoms with van der Waals surface area (Å²) in [6.45, 7) is 4.58. The van der Waals surface area contributed by atoms with Crippen LogP contribution in [0, 0.1) is 6.92 Å². The van der Waals surface area contributed by atoms with E-state index in [-0.39, 0.29) is 6.54 Å². The van der Waals surface area contributed by atoms with E-state index in [0.717, 1.165) is 25.1 Å². The molecule has 2 heterocycles. The monoisotopic (exact) mass is 292 g/mol. The Hall–Kier alpha value is -2.15. The van der Waals surface area contributed by atoms with Crippen LogP contribution in [0.3, 0.4) is 0 Å². The Morgan fingerprint density at radius 3 is 2.76 bits per heavy atom. The highest BCUT2D eigenvalue weighted by Gasteiger charge is 2.22. The molecule has 1 saturated heterocycles. The van der Waals surface area contributed by atoms with Crippen LogP contribution in [0.25, 0.3) is 0 Å². The van der Waals surface area contributed by atoms with E-state index in [1.165, 1.54) is 0 Å². The number of aromatic nitrogens is 1. The van der Waals surface area contributed by atoms with Gasteiger partial charge in [-0.1, -0.05) is 0 Å². The summed E-state index contributed by atoms with van der Waals surface area (Å²) in [7, 11) is 0. The van der Waals surface area contributed by atoms with Crippen molar-refractivity contribution in [3.8, 4) is 0 Å². The Labute approximate surface area is 123 Å². The molecule has 0 unspecified atom stereocenters. The topological polar surface area (TPSA) is 99.8 Å². The fourth-order valence-electron chi connectivity index (χ4n) is 2.62. The molecule has 7 nitrogen and oxygen atoms in total. The molecule has 1 aromatic rings. The number of carboxylic acid groups (broad SMARTS) is 1. The van der Waals surface area contributed by atoms with Gasteiger partial charge in [0.2, 0.25) is 0 Å². The quantitative estimate of drug-likeness (QED) is 0.815. The minimum absolute atomic E-state index is 0.0394. The third-order valence-electron chi connectivity index (χ3n) is 3.63. The number of hydrogen-bond acceptors (Lipinski definition) is 5. The van der Waals surface area contributed by atoms with Gasteiger partial charge in [0.1, 0.15) is 5.82 Å². The maximum absolute atomic E-state index is 11.6. The van der Waals surface area contributed by atoms with Crippen LogP contribution < -0.4 is 10.6 Å². The highest BCUT2D eigenvalue weighted by atomic mass is 16.4. The van der Waals surface area contributed by atoms with Crippen molar-refractivity contribution in [2.45, 2.75) is 13.3 Å². The number of aliphatic carboxylic acids is 1. The summed E-state index contributed by atoms with van der Waals surface area (Å²) in [5.41, 5.74) is 6.71. The van der Waals surface area contributed by atoms with E-state index in [2.05, 4.69) is 4.98 Å². The van der Waals surface area contributed by atoms with Gasteiger partial charge < -0.3 is 15.7 Å². The van der Waals surface area contributed by atoms with Crippen LogP contribution in [-0.4, -0.2) is 59.6 Å². The Bertz CT molecular complexity index is 547. The van der Waals surface area contributed by atoms with Gasteiger partial charge in [-0.3, -0.25) is 14.5 Å². The first kappa shape index (κ1) is 15.2. The van der Waals surface area contributed by atoms with Crippen LogP contribution in [0.2, 0.25) is 0 Å². The Morgan fingerprint density at radius 1 is 1.33 bits per heavy atom. The summed E-state index contributed by atoms with van der Waals surface area (Å²) >= 11 is 0. The third-order valence-corrected chi connectivity index (χ3v) is 3.63. The zero-order valence-corrected chi connectivity index (χ0v) is 12.1. The predicted octanol–water partition coefficient (Wildman–Crippen LogP) is 0.0856. The second-order valence-corrected chi connectivity index (χ2v) is 5.20. The number of nitrogens with two attached hydrogens (primary N) is 1. The van der Waals surface area contributed by atoms with Crippen molar-refractivity contribution >= 4 is 17.7 Å². The number of rotatable bonds is 4. The van der Waals surface area contributed by atoms with Crippen LogP contribution in [0.4, 0.5) is 5.82 Å². The number of aryl methyl sites for hydroxylation is 1. The SMILES string of the molecule is Cc1ccnc(N2CCCN(CC(=O)O)CC2)c1C(N)=O. The van der Waals surface area contributed by atoms with Crippen molar-refractivity contribution in [1.82, 2.24) is 9.88 Å². The highest BCUT2D eigenvalue weighted by molar-refractivity contribution is 5.99. The van der Waals surface area contributed by atoms with E-state index in [1.807, 2.05) is 16.7 Å². The molecule has 0 spiro atoms. The maximum Gasteiger partial charge on any atom is 0.317 e. The molecule has 1 amide bonds. The van der Waals surface area contributed by atoms with E-state index >= 15 is 0 Å². The predicted molar refractivity (Wildman–Crippen MR) is 78.4 cm³/mol. The lowest BCUT2D eigenvalue weighted by molar-refractivity contribution is -0.138. The lowest BCUT2D eigenvalue weighted by Gasteiger charge is -2.24. The van der Waals surface area contributed by atoms with Gasteiger partial charge in [0.25, 0.3) is 5.91 Å². The number of amides is 1. The summed E-state index contributed by atoms with van der Waals surface area (Å²) in [6.07, 6.45) is 2.48. The molecule has 3 N–H and O–H groups in total. The van der Waals surface area contributed by atoms with E-state index in [0.29, 0.717) is 24.5 Å². The van der Waals surface area contributed by atoms with E-state index in [9.17, 15) is 9.59 Å². The highest BCUT2D eigenvalue weighted by Crippen LogP contribution is 2.21. The smallest absolute Gasteiger partial charge is 0.317 e. The maximum atomic E-state index is 11.6. The molecule has 0 radical (unpaired) electrons. The van der Waals surface area contributed by atoms with Gasteiger partial charge in [0, 0.05) is 32.4 Å². The molecular weight excluding hydrogens is 272 g/mol. The first-order valence-corrected chi connectivity index (χ1v) is 6.93. The van der Waals surface area contributed by atoms with Gasteiger partial charge in [-0.2, -0.15) is 0 Å². The van der Waals surface area contributed by atoms with Crippen molar-refractivity contribution in [1.29, 1.82) is 0 Å². The van der Waals surface area contributed by atoms with E-state index in [4.69, 9.17) is 10.8 Å². The number of primary amides is 1. The second kappa shape index (κ2) is 6.53. The molecule has 1 aliphatic heterocycles. The molecule has 114 valence electrons. The van der Waals surface area contributed by atoms with Crippen LogP contribution in [-0.2, 0) is 4.79 Å². The third kappa shape index (κ3) is 3.69. The minimum Gasteiger partial charge on any atom is -0.480 e. The average Bonchev–Trinajstić information content (AvgIpc) is 2.63. The molecule has 0 bridgehead atoms. The molecule has 0 saturated carbocycles. The summed E-state index contributed by atoms with van der Waals surface area (Å²) in [6, 6.07) is 1.76. The average molecular weight is 292 g/mol. The number of anilines is 1. The number of pyridine rings is 1. The molecule has 21 heavy (non-hydrogen) atoms. The van der Waals surface area contributed by atoms with Crippen molar-refractivity contribution in [3.05, 3.63) is 23.4 Å². The molecule has 0 atom stereocenters. The fraction of sp³-hybridized carbons (Fsp3) is 0.500. The van der Waals surface area contributed by atoms with Crippen molar-refractivity contribution < 1.29 is 14.7 Å². The summed E-state index contributed by atoms with van der Waals surface area (Å²) < 4.78 is 0. The van der Waals surface area contributed by atoms with Crippen LogP contribution in [0.15, 0.2) is 12.3 Å². The largest absolute Gasteiger partial charge is 0.480 e. The summed E-state index contributed by atoms with van der Waals surface area (Å²) in [5.74, 6) is -0.711. The lowest BCUT2D eigenvalue weighted by Crippen LogP contribution is -2.35. The van der Waals surface area contributed by atoms with Gasteiger partial charge in [-0.15, -0.1) is 0 Å². The first-order valence-electron chi connectivity index (χ1n) is 6.93. The Kier molecular flexibility index (Phi) is 4.74. The molecule has 2 rings (SSSR count). The van der Waals surface area contributed by atoms with Crippen molar-refractivity contribution in [2.24, 2.45) is 5.73 Å². The molecule has 0 aromatic carbocycles. The minimum atomic E-state index is -0.824. The fourth-order valence-corrected chi connectivity index (χ4v) is 2.62. The van der Waals surface area contributed by atoms with Crippen LogP contribution >= 0.6 is 0 Å². The normalized spacial score (nSPS) is 16.5. The molecule has 0 aliphatic carbocycles. The standard InChI is InChI=1S/C14H20N4O3/c1-10-3-4-16-14(12(10)13(15)21)18-6-2-5-17(7-8-18)9-11(19)20/h3-4H,2,5-9H2,1H3,(H2,15,21)(H,19,20). The zero-order valence-electron chi connectivity index (χ0n) is 12.1. The van der Waals surface area contributed by atoms with Crippen LogP contribution in [0.5, 0.6) is 0 Å². The molecule has 7 heteroatoms. The zero-order chi connectivity index (χ0) is 15.4. The summed E-state index contributed by atoms with van der Waals surface area (Å²) in [4.78, 5) is 30.6. The Morgan fingerprint density at radius 2 is 2.10 bits per heavy atom. The number of carboxylic acids is 1. The van der Waals surface area contributed by atoms with Gasteiger partial charge in [-0.25, -0.2) is 4.98 Å². The molecule has 1 aliphatic rings. The van der Waals surface area contributed by atoms with Gasteiger partial charge in [0.15, 0.2) is 0 Å². The number of nitrogens with zero attached hydrogens (tertiary/aromatic N) is 3. The van der Waals surface area contributed by atoms with Gasteiger partial charge >= 0.3 is 5.97 Å². The summed E-state index contributed by atoms with van der Waals surface area (Å²) in [5, 5.41) is 8.86. The van der Waals surface area contributed by atoms with Gasteiger partial charge in [-0.05, 0) is 25.0 Å². The molecule has 1 aromatic heterocycles. The lowest BCUT2D eigenvalue weighted by atomic mass is 10.1. The number of carbonyl (C=O) groups is 2.